The highest BCUT2D eigenvalue weighted by molar-refractivity contribution is 9.10. The van der Waals surface area contributed by atoms with Gasteiger partial charge in [0.05, 0.1) is 10.1 Å². The maximum Gasteiger partial charge on any atom is 0.143 e. The number of aliphatic hydroxyl groups is 1. The zero-order chi connectivity index (χ0) is 13.1. The quantitative estimate of drug-likeness (QED) is 0.896. The molecule has 1 rings (SSSR count). The van der Waals surface area contributed by atoms with Gasteiger partial charge in [-0.15, -0.1) is 0 Å². The third kappa shape index (κ3) is 2.69. The summed E-state index contributed by atoms with van der Waals surface area (Å²) in [7, 11) is 1.55. The van der Waals surface area contributed by atoms with Crippen molar-refractivity contribution in [2.45, 2.75) is 38.4 Å². The predicted molar refractivity (Wildman–Crippen MR) is 69.4 cm³/mol. The van der Waals surface area contributed by atoms with Gasteiger partial charge in [-0.25, -0.2) is 4.39 Å². The van der Waals surface area contributed by atoms with Crippen LogP contribution in [0.15, 0.2) is 22.7 Å². The van der Waals surface area contributed by atoms with Crippen molar-refractivity contribution in [1.29, 1.82) is 0 Å². The molecule has 0 aromatic heterocycles. The van der Waals surface area contributed by atoms with Crippen LogP contribution in [0.5, 0.6) is 0 Å². The molecule has 0 bridgehead atoms. The lowest BCUT2D eigenvalue weighted by atomic mass is 9.86. The number of halogens is 2. The third-order valence-electron chi connectivity index (χ3n) is 3.38. The van der Waals surface area contributed by atoms with Crippen molar-refractivity contribution in [3.05, 3.63) is 34.1 Å². The highest BCUT2D eigenvalue weighted by atomic mass is 79.9. The van der Waals surface area contributed by atoms with Crippen LogP contribution in [0.2, 0.25) is 0 Å². The standard InChI is InChI=1S/C13H18BrFO2/c1-4-13(5-2,17-3)12(16)9-7-6-8-10(14)11(9)15/h6-8,12,16H,4-5H2,1-3H3. The van der Waals surface area contributed by atoms with Crippen LogP contribution in [0.4, 0.5) is 4.39 Å². The number of rotatable bonds is 5. The summed E-state index contributed by atoms with van der Waals surface area (Å²) in [5, 5.41) is 10.4. The Labute approximate surface area is 110 Å². The summed E-state index contributed by atoms with van der Waals surface area (Å²) < 4.78 is 19.7. The van der Waals surface area contributed by atoms with Gasteiger partial charge in [0.15, 0.2) is 0 Å². The van der Waals surface area contributed by atoms with E-state index in [1.807, 2.05) is 13.8 Å². The van der Waals surface area contributed by atoms with Crippen LogP contribution < -0.4 is 0 Å². The van der Waals surface area contributed by atoms with Crippen LogP contribution in [0.3, 0.4) is 0 Å². The van der Waals surface area contributed by atoms with Crippen LogP contribution in [0, 0.1) is 5.82 Å². The SMILES string of the molecule is CCC(CC)(OC)C(O)c1cccc(Br)c1F. The van der Waals surface area contributed by atoms with E-state index in [0.717, 1.165) is 0 Å². The van der Waals surface area contributed by atoms with Crippen molar-refractivity contribution in [3.8, 4) is 0 Å². The molecule has 1 unspecified atom stereocenters. The Morgan fingerprint density at radius 3 is 2.47 bits per heavy atom. The van der Waals surface area contributed by atoms with E-state index < -0.39 is 17.5 Å². The fraction of sp³-hybridized carbons (Fsp3) is 0.538. The van der Waals surface area contributed by atoms with Gasteiger partial charge >= 0.3 is 0 Å². The van der Waals surface area contributed by atoms with Crippen LogP contribution in [0.1, 0.15) is 38.4 Å². The second-order valence-electron chi connectivity index (χ2n) is 4.02. The minimum atomic E-state index is -0.972. The van der Waals surface area contributed by atoms with Crippen molar-refractivity contribution >= 4 is 15.9 Å². The van der Waals surface area contributed by atoms with E-state index in [-0.39, 0.29) is 5.56 Å². The molecule has 2 nitrogen and oxygen atoms in total. The topological polar surface area (TPSA) is 29.5 Å². The molecule has 0 amide bonds. The van der Waals surface area contributed by atoms with E-state index in [4.69, 9.17) is 4.74 Å². The zero-order valence-corrected chi connectivity index (χ0v) is 11.9. The van der Waals surface area contributed by atoms with Gasteiger partial charge in [-0.2, -0.15) is 0 Å². The average molecular weight is 305 g/mol. The molecule has 0 fully saturated rings. The molecule has 0 saturated carbocycles. The first kappa shape index (κ1) is 14.6. The number of benzene rings is 1. The fourth-order valence-corrected chi connectivity index (χ4v) is 2.43. The van der Waals surface area contributed by atoms with Crippen molar-refractivity contribution in [1.82, 2.24) is 0 Å². The molecule has 1 atom stereocenters. The maximum atomic E-state index is 13.9. The highest BCUT2D eigenvalue weighted by Gasteiger charge is 2.37. The molecule has 0 spiro atoms. The first-order valence-corrected chi connectivity index (χ1v) is 6.48. The number of ether oxygens (including phenoxy) is 1. The molecule has 1 aromatic carbocycles. The zero-order valence-electron chi connectivity index (χ0n) is 10.3. The van der Waals surface area contributed by atoms with E-state index in [9.17, 15) is 9.50 Å². The third-order valence-corrected chi connectivity index (χ3v) is 3.99. The summed E-state index contributed by atoms with van der Waals surface area (Å²) in [6.07, 6.45) is 0.264. The summed E-state index contributed by atoms with van der Waals surface area (Å²) in [5.41, 5.74) is -0.466. The molecule has 0 saturated heterocycles. The number of hydrogen-bond donors (Lipinski definition) is 1. The lowest BCUT2D eigenvalue weighted by Gasteiger charge is -2.35. The Bertz CT molecular complexity index is 369. The van der Waals surface area contributed by atoms with Gasteiger partial charge in [0.1, 0.15) is 11.9 Å². The molecule has 4 heteroatoms. The van der Waals surface area contributed by atoms with Crippen molar-refractivity contribution < 1.29 is 14.2 Å². The smallest absolute Gasteiger partial charge is 0.143 e. The number of aliphatic hydroxyl groups excluding tert-OH is 1. The average Bonchev–Trinajstić information content (AvgIpc) is 2.35. The van der Waals surface area contributed by atoms with Crippen LogP contribution in [0.25, 0.3) is 0 Å². The summed E-state index contributed by atoms with van der Waals surface area (Å²) in [5.74, 6) is -0.427. The summed E-state index contributed by atoms with van der Waals surface area (Å²) in [4.78, 5) is 0. The van der Waals surface area contributed by atoms with Gasteiger partial charge in [0.25, 0.3) is 0 Å². The van der Waals surface area contributed by atoms with E-state index in [1.54, 1.807) is 25.3 Å². The molecule has 1 N–H and O–H groups in total. The van der Waals surface area contributed by atoms with Crippen LogP contribution in [-0.4, -0.2) is 17.8 Å². The van der Waals surface area contributed by atoms with Crippen LogP contribution >= 0.6 is 15.9 Å². The fourth-order valence-electron chi connectivity index (χ4n) is 2.05. The van der Waals surface area contributed by atoms with Crippen molar-refractivity contribution in [2.24, 2.45) is 0 Å². The predicted octanol–water partition coefficient (Wildman–Crippen LogP) is 3.83. The van der Waals surface area contributed by atoms with E-state index in [2.05, 4.69) is 15.9 Å². The molecular weight excluding hydrogens is 287 g/mol. The Morgan fingerprint density at radius 2 is 2.00 bits per heavy atom. The van der Waals surface area contributed by atoms with Crippen molar-refractivity contribution in [2.75, 3.05) is 7.11 Å². The second-order valence-corrected chi connectivity index (χ2v) is 4.88. The van der Waals surface area contributed by atoms with Gasteiger partial charge in [-0.3, -0.25) is 0 Å². The molecular formula is C13H18BrFO2. The first-order chi connectivity index (χ1) is 8.02. The summed E-state index contributed by atoms with van der Waals surface area (Å²) in [6, 6.07) is 4.90. The normalized spacial score (nSPS) is 13.8. The van der Waals surface area contributed by atoms with Gasteiger partial charge in [0.2, 0.25) is 0 Å². The van der Waals surface area contributed by atoms with E-state index in [1.165, 1.54) is 0 Å². The molecule has 0 aliphatic carbocycles. The first-order valence-electron chi connectivity index (χ1n) is 5.69. The Hall–Kier alpha value is -0.450. The molecule has 96 valence electrons. The molecule has 0 aliphatic heterocycles. The summed E-state index contributed by atoms with van der Waals surface area (Å²) in [6.45, 7) is 3.85. The Morgan fingerprint density at radius 1 is 1.41 bits per heavy atom. The second kappa shape index (κ2) is 5.94. The molecule has 17 heavy (non-hydrogen) atoms. The highest BCUT2D eigenvalue weighted by Crippen LogP contribution is 2.37. The van der Waals surface area contributed by atoms with Crippen LogP contribution in [-0.2, 0) is 4.74 Å². The molecule has 0 heterocycles. The van der Waals surface area contributed by atoms with Crippen molar-refractivity contribution in [3.63, 3.8) is 0 Å². The lowest BCUT2D eigenvalue weighted by molar-refractivity contribution is -0.111. The lowest BCUT2D eigenvalue weighted by Crippen LogP contribution is -2.37. The Kier molecular flexibility index (Phi) is 5.10. The minimum Gasteiger partial charge on any atom is -0.385 e. The Balaban J connectivity index is 3.18. The van der Waals surface area contributed by atoms with E-state index in [0.29, 0.717) is 17.3 Å². The summed E-state index contributed by atoms with van der Waals surface area (Å²) >= 11 is 3.12. The number of hydrogen-bond acceptors (Lipinski definition) is 2. The molecule has 0 radical (unpaired) electrons. The maximum absolute atomic E-state index is 13.9. The molecule has 0 aliphatic rings. The van der Waals surface area contributed by atoms with E-state index >= 15 is 0 Å². The minimum absolute atomic E-state index is 0.268. The van der Waals surface area contributed by atoms with Gasteiger partial charge in [-0.1, -0.05) is 26.0 Å². The number of methoxy groups -OCH3 is 1. The largest absolute Gasteiger partial charge is 0.385 e. The molecule has 1 aromatic rings. The van der Waals surface area contributed by atoms with Gasteiger partial charge < -0.3 is 9.84 Å². The van der Waals surface area contributed by atoms with Gasteiger partial charge in [-0.05, 0) is 34.8 Å². The monoisotopic (exact) mass is 304 g/mol. The van der Waals surface area contributed by atoms with Gasteiger partial charge in [0, 0.05) is 12.7 Å².